The van der Waals surface area contributed by atoms with Crippen LogP contribution < -0.4 is 0 Å². The lowest BCUT2D eigenvalue weighted by Crippen LogP contribution is -2.37. The summed E-state index contributed by atoms with van der Waals surface area (Å²) >= 11 is 1.45. The standard InChI is InChI=1S/C18H21FN4OS/c1-11-4-3-9-22(10-11)15(13-5-7-14(19)8-6-13)16-17(24)23-18(25-16)20-12(2)21-23/h5-8,11,15,24H,3-4,9-10H2,1-2H3. The van der Waals surface area contributed by atoms with E-state index in [1.807, 2.05) is 6.92 Å². The van der Waals surface area contributed by atoms with Gasteiger partial charge in [0.25, 0.3) is 0 Å². The van der Waals surface area contributed by atoms with Crippen LogP contribution in [0.1, 0.15) is 42.1 Å². The first kappa shape index (κ1) is 16.5. The van der Waals surface area contributed by atoms with E-state index in [-0.39, 0.29) is 17.7 Å². The van der Waals surface area contributed by atoms with Gasteiger partial charge in [0.2, 0.25) is 10.8 Å². The highest BCUT2D eigenvalue weighted by molar-refractivity contribution is 7.17. The monoisotopic (exact) mass is 360 g/mol. The number of fused-ring (bicyclic) bond motifs is 1. The molecule has 0 amide bonds. The molecule has 2 unspecified atom stereocenters. The van der Waals surface area contributed by atoms with E-state index < -0.39 is 0 Å². The number of nitrogens with zero attached hydrogens (tertiary/aromatic N) is 4. The van der Waals surface area contributed by atoms with Crippen molar-refractivity contribution >= 4 is 16.3 Å². The van der Waals surface area contributed by atoms with Crippen LogP contribution >= 0.6 is 11.3 Å². The van der Waals surface area contributed by atoms with E-state index in [0.29, 0.717) is 16.7 Å². The second-order valence-corrected chi connectivity index (χ2v) is 7.85. The fourth-order valence-corrected chi connectivity index (χ4v) is 4.82. The lowest BCUT2D eigenvalue weighted by atomic mass is 9.95. The Morgan fingerprint density at radius 3 is 2.76 bits per heavy atom. The van der Waals surface area contributed by atoms with Crippen LogP contribution in [0.25, 0.3) is 4.96 Å². The Bertz CT molecular complexity index is 889. The van der Waals surface area contributed by atoms with Gasteiger partial charge in [-0.1, -0.05) is 30.4 Å². The van der Waals surface area contributed by atoms with Crippen LogP contribution in [0.5, 0.6) is 5.88 Å². The van der Waals surface area contributed by atoms with Crippen molar-refractivity contribution in [2.24, 2.45) is 5.92 Å². The fourth-order valence-electron chi connectivity index (χ4n) is 3.66. The summed E-state index contributed by atoms with van der Waals surface area (Å²) in [5.41, 5.74) is 0.979. The average Bonchev–Trinajstić information content (AvgIpc) is 3.08. The minimum absolute atomic E-state index is 0.114. The normalized spacial score (nSPS) is 20.2. The Kier molecular flexibility index (Phi) is 4.21. The highest BCUT2D eigenvalue weighted by Gasteiger charge is 2.31. The van der Waals surface area contributed by atoms with Crippen LogP contribution in [0.4, 0.5) is 4.39 Å². The number of likely N-dealkylation sites (tertiary alicyclic amines) is 1. The van der Waals surface area contributed by atoms with Gasteiger partial charge in [-0.2, -0.15) is 4.52 Å². The SMILES string of the molecule is Cc1nc2sc(C(c3ccc(F)cc3)N3CCCC(C)C3)c(O)n2n1. The predicted molar refractivity (Wildman–Crippen MR) is 95.5 cm³/mol. The van der Waals surface area contributed by atoms with Crippen molar-refractivity contribution in [2.45, 2.75) is 32.7 Å². The van der Waals surface area contributed by atoms with Gasteiger partial charge in [0.15, 0.2) is 0 Å². The molecule has 1 saturated heterocycles. The second-order valence-electron chi connectivity index (χ2n) is 6.84. The van der Waals surface area contributed by atoms with E-state index >= 15 is 0 Å². The number of aromatic hydroxyl groups is 1. The topological polar surface area (TPSA) is 53.7 Å². The van der Waals surface area contributed by atoms with Gasteiger partial charge in [-0.15, -0.1) is 5.10 Å². The summed E-state index contributed by atoms with van der Waals surface area (Å²) < 4.78 is 14.9. The molecule has 3 aromatic rings. The van der Waals surface area contributed by atoms with Crippen LogP contribution in [-0.4, -0.2) is 37.7 Å². The van der Waals surface area contributed by atoms with Gasteiger partial charge in [0, 0.05) is 6.54 Å². The molecule has 0 saturated carbocycles. The molecule has 0 aliphatic carbocycles. The molecule has 1 N–H and O–H groups in total. The van der Waals surface area contributed by atoms with E-state index in [4.69, 9.17) is 0 Å². The number of thiazole rings is 1. The zero-order valence-corrected chi connectivity index (χ0v) is 15.1. The maximum absolute atomic E-state index is 13.4. The number of halogens is 1. The molecule has 4 rings (SSSR count). The molecule has 7 heteroatoms. The molecule has 0 bridgehead atoms. The third-order valence-electron chi connectivity index (χ3n) is 4.79. The summed E-state index contributed by atoms with van der Waals surface area (Å²) in [7, 11) is 0. The van der Waals surface area contributed by atoms with E-state index in [2.05, 4.69) is 21.9 Å². The molecule has 0 spiro atoms. The lowest BCUT2D eigenvalue weighted by molar-refractivity contribution is 0.149. The quantitative estimate of drug-likeness (QED) is 0.773. The summed E-state index contributed by atoms with van der Waals surface area (Å²) in [4.78, 5) is 8.25. The average molecular weight is 360 g/mol. The molecular weight excluding hydrogens is 339 g/mol. The molecule has 132 valence electrons. The molecular formula is C18H21FN4OS. The number of aromatic nitrogens is 3. The number of hydrogen-bond acceptors (Lipinski definition) is 5. The third kappa shape index (κ3) is 3.02. The number of hydrogen-bond donors (Lipinski definition) is 1. The van der Waals surface area contributed by atoms with Crippen LogP contribution in [0.2, 0.25) is 0 Å². The molecule has 1 aromatic carbocycles. The Hall–Kier alpha value is -1.99. The van der Waals surface area contributed by atoms with Crippen molar-refractivity contribution < 1.29 is 9.50 Å². The third-order valence-corrected chi connectivity index (χ3v) is 5.87. The summed E-state index contributed by atoms with van der Waals surface area (Å²) in [6.45, 7) is 5.97. The number of benzene rings is 1. The molecule has 1 aliphatic rings. The fraction of sp³-hybridized carbons (Fsp3) is 0.444. The maximum atomic E-state index is 13.4. The molecule has 5 nitrogen and oxygen atoms in total. The van der Waals surface area contributed by atoms with Crippen molar-refractivity contribution in [3.63, 3.8) is 0 Å². The second kappa shape index (κ2) is 6.38. The zero-order valence-electron chi connectivity index (χ0n) is 14.3. The van der Waals surface area contributed by atoms with Gasteiger partial charge in [0.05, 0.1) is 10.9 Å². The molecule has 2 atom stereocenters. The molecule has 2 aromatic heterocycles. The van der Waals surface area contributed by atoms with Crippen molar-refractivity contribution in [3.05, 3.63) is 46.3 Å². The first-order valence-corrected chi connectivity index (χ1v) is 9.39. The Labute approximate surface area is 149 Å². The van der Waals surface area contributed by atoms with E-state index in [1.165, 1.54) is 34.4 Å². The zero-order chi connectivity index (χ0) is 17.6. The van der Waals surface area contributed by atoms with Crippen LogP contribution in [0.15, 0.2) is 24.3 Å². The lowest BCUT2D eigenvalue weighted by Gasteiger charge is -2.37. The van der Waals surface area contributed by atoms with Gasteiger partial charge in [-0.25, -0.2) is 9.37 Å². The highest BCUT2D eigenvalue weighted by atomic mass is 32.1. The van der Waals surface area contributed by atoms with Crippen LogP contribution in [-0.2, 0) is 0 Å². The number of rotatable bonds is 3. The van der Waals surface area contributed by atoms with Crippen molar-refractivity contribution in [2.75, 3.05) is 13.1 Å². The molecule has 3 heterocycles. The predicted octanol–water partition coefficient (Wildman–Crippen LogP) is 3.77. The Balaban J connectivity index is 1.81. The van der Waals surface area contributed by atoms with Gasteiger partial charge in [-0.3, -0.25) is 4.90 Å². The first-order valence-electron chi connectivity index (χ1n) is 8.57. The van der Waals surface area contributed by atoms with E-state index in [1.54, 1.807) is 12.1 Å². The minimum Gasteiger partial charge on any atom is -0.492 e. The molecule has 1 aliphatic heterocycles. The van der Waals surface area contributed by atoms with E-state index in [0.717, 1.165) is 30.0 Å². The maximum Gasteiger partial charge on any atom is 0.230 e. The van der Waals surface area contributed by atoms with E-state index in [9.17, 15) is 9.50 Å². The summed E-state index contributed by atoms with van der Waals surface area (Å²) in [6, 6.07) is 6.46. The summed E-state index contributed by atoms with van der Waals surface area (Å²) in [6.07, 6.45) is 2.34. The van der Waals surface area contributed by atoms with Crippen molar-refractivity contribution in [1.29, 1.82) is 0 Å². The number of aryl methyl sites for hydroxylation is 1. The van der Waals surface area contributed by atoms with Crippen LogP contribution in [0.3, 0.4) is 0 Å². The van der Waals surface area contributed by atoms with Gasteiger partial charge in [-0.05, 0) is 49.9 Å². The van der Waals surface area contributed by atoms with Gasteiger partial charge < -0.3 is 5.11 Å². The van der Waals surface area contributed by atoms with Crippen molar-refractivity contribution in [3.8, 4) is 5.88 Å². The molecule has 25 heavy (non-hydrogen) atoms. The smallest absolute Gasteiger partial charge is 0.230 e. The summed E-state index contributed by atoms with van der Waals surface area (Å²) in [5, 5.41) is 15.0. The van der Waals surface area contributed by atoms with Gasteiger partial charge >= 0.3 is 0 Å². The molecule has 0 radical (unpaired) electrons. The highest BCUT2D eigenvalue weighted by Crippen LogP contribution is 2.41. The largest absolute Gasteiger partial charge is 0.492 e. The first-order chi connectivity index (χ1) is 12.0. The van der Waals surface area contributed by atoms with Gasteiger partial charge in [0.1, 0.15) is 11.6 Å². The van der Waals surface area contributed by atoms with Crippen molar-refractivity contribution in [1.82, 2.24) is 19.5 Å². The molecule has 1 fully saturated rings. The van der Waals surface area contributed by atoms with Crippen LogP contribution in [0, 0.1) is 18.7 Å². The summed E-state index contributed by atoms with van der Waals surface area (Å²) in [5.74, 6) is 1.12. The Morgan fingerprint density at radius 1 is 1.32 bits per heavy atom. The Morgan fingerprint density at radius 2 is 2.08 bits per heavy atom. The number of piperidine rings is 1. The minimum atomic E-state index is -0.253.